The number of unbranched alkanes of at least 4 members (excludes halogenated alkanes) is 2. The number of nitrogens with two attached hydrogens (primary N) is 1. The number of rotatable bonds is 7. The van der Waals surface area contributed by atoms with E-state index in [1.165, 1.54) is 12.8 Å². The summed E-state index contributed by atoms with van der Waals surface area (Å²) in [5.41, 5.74) is 2.45. The molecular formula is C11H17N7S. The standard InChI is InChI=1S/C11H17N7S/c1-2-3-4-8-19-11-15-9(17-12)14-10(16-11)18-7-5-6-13-18/h5-7H,2-4,8,12H2,1H3,(H,14,15,16,17). The van der Waals surface area contributed by atoms with Gasteiger partial charge in [-0.25, -0.2) is 10.5 Å². The molecule has 8 heteroatoms. The maximum Gasteiger partial charge on any atom is 0.256 e. The summed E-state index contributed by atoms with van der Waals surface area (Å²) in [6.45, 7) is 2.18. The summed E-state index contributed by atoms with van der Waals surface area (Å²) < 4.78 is 1.58. The topological polar surface area (TPSA) is 94.5 Å². The summed E-state index contributed by atoms with van der Waals surface area (Å²) in [6, 6.07) is 1.81. The van der Waals surface area contributed by atoms with Crippen LogP contribution in [0.1, 0.15) is 26.2 Å². The van der Waals surface area contributed by atoms with E-state index in [9.17, 15) is 0 Å². The number of anilines is 1. The Morgan fingerprint density at radius 3 is 2.89 bits per heavy atom. The van der Waals surface area contributed by atoms with Crippen LogP contribution in [0.5, 0.6) is 0 Å². The summed E-state index contributed by atoms with van der Waals surface area (Å²) in [7, 11) is 0. The molecule has 0 aliphatic rings. The van der Waals surface area contributed by atoms with Gasteiger partial charge in [0.15, 0.2) is 5.16 Å². The van der Waals surface area contributed by atoms with Crippen LogP contribution < -0.4 is 11.3 Å². The predicted octanol–water partition coefficient (Wildman–Crippen LogP) is 1.63. The molecule has 102 valence electrons. The number of nitrogen functional groups attached to an aromatic ring is 1. The molecule has 2 aromatic heterocycles. The van der Waals surface area contributed by atoms with E-state index in [1.54, 1.807) is 28.8 Å². The molecule has 0 bridgehead atoms. The van der Waals surface area contributed by atoms with Gasteiger partial charge in [0.2, 0.25) is 5.95 Å². The molecule has 2 rings (SSSR count). The molecule has 0 unspecified atom stereocenters. The lowest BCUT2D eigenvalue weighted by Crippen LogP contribution is -2.14. The van der Waals surface area contributed by atoms with Crippen molar-refractivity contribution in [1.29, 1.82) is 0 Å². The van der Waals surface area contributed by atoms with Crippen molar-refractivity contribution in [3.05, 3.63) is 18.5 Å². The average Bonchev–Trinajstić information content (AvgIpc) is 2.97. The molecule has 0 amide bonds. The lowest BCUT2D eigenvalue weighted by Gasteiger charge is -2.06. The Hall–Kier alpha value is -1.67. The molecule has 2 aromatic rings. The van der Waals surface area contributed by atoms with Crippen LogP contribution in [0, 0.1) is 0 Å². The number of thioether (sulfide) groups is 1. The number of nitrogens with zero attached hydrogens (tertiary/aromatic N) is 5. The number of hydrogen-bond donors (Lipinski definition) is 2. The van der Waals surface area contributed by atoms with E-state index in [0.29, 0.717) is 17.1 Å². The van der Waals surface area contributed by atoms with Gasteiger partial charge in [-0.15, -0.1) is 0 Å². The first-order valence-electron chi connectivity index (χ1n) is 6.19. The summed E-state index contributed by atoms with van der Waals surface area (Å²) in [6.07, 6.45) is 7.02. The van der Waals surface area contributed by atoms with Crippen LogP contribution in [0.4, 0.5) is 5.95 Å². The molecule has 0 saturated heterocycles. The Labute approximate surface area is 116 Å². The molecule has 2 heterocycles. The van der Waals surface area contributed by atoms with Gasteiger partial charge in [-0.2, -0.15) is 20.1 Å². The second-order valence-corrected chi connectivity index (χ2v) is 4.95. The fourth-order valence-corrected chi connectivity index (χ4v) is 2.31. The molecule has 0 radical (unpaired) electrons. The van der Waals surface area contributed by atoms with Gasteiger partial charge >= 0.3 is 0 Å². The molecule has 0 aliphatic carbocycles. The molecule has 0 spiro atoms. The molecule has 0 aliphatic heterocycles. The SMILES string of the molecule is CCCCCSc1nc(NN)nc(-n2cccn2)n1. The molecule has 0 aromatic carbocycles. The molecule has 0 fully saturated rings. The van der Waals surface area contributed by atoms with Crippen molar-refractivity contribution in [3.63, 3.8) is 0 Å². The number of nitrogens with one attached hydrogen (secondary N) is 1. The van der Waals surface area contributed by atoms with Crippen LogP contribution in [0.2, 0.25) is 0 Å². The van der Waals surface area contributed by atoms with Crippen molar-refractivity contribution < 1.29 is 0 Å². The zero-order valence-electron chi connectivity index (χ0n) is 10.8. The third-order valence-electron chi connectivity index (χ3n) is 2.42. The van der Waals surface area contributed by atoms with E-state index in [0.717, 1.165) is 12.2 Å². The molecule has 3 N–H and O–H groups in total. The van der Waals surface area contributed by atoms with Crippen molar-refractivity contribution in [3.8, 4) is 5.95 Å². The maximum atomic E-state index is 5.38. The minimum absolute atomic E-state index is 0.346. The van der Waals surface area contributed by atoms with Gasteiger partial charge in [0.1, 0.15) is 0 Å². The van der Waals surface area contributed by atoms with Crippen LogP contribution in [0.3, 0.4) is 0 Å². The fourth-order valence-electron chi connectivity index (χ4n) is 1.48. The monoisotopic (exact) mass is 279 g/mol. The summed E-state index contributed by atoms with van der Waals surface area (Å²) >= 11 is 1.60. The van der Waals surface area contributed by atoms with E-state index < -0.39 is 0 Å². The Morgan fingerprint density at radius 2 is 2.21 bits per heavy atom. The van der Waals surface area contributed by atoms with Crippen molar-refractivity contribution in [2.45, 2.75) is 31.3 Å². The Bertz CT molecular complexity index is 500. The minimum atomic E-state index is 0.346. The lowest BCUT2D eigenvalue weighted by atomic mass is 10.3. The highest BCUT2D eigenvalue weighted by Crippen LogP contribution is 2.17. The minimum Gasteiger partial charge on any atom is -0.292 e. The number of aromatic nitrogens is 5. The van der Waals surface area contributed by atoms with Gasteiger partial charge in [-0.1, -0.05) is 31.5 Å². The second kappa shape index (κ2) is 7.05. The fraction of sp³-hybridized carbons (Fsp3) is 0.455. The molecule has 19 heavy (non-hydrogen) atoms. The number of hydrazine groups is 1. The van der Waals surface area contributed by atoms with Crippen LogP contribution in [-0.2, 0) is 0 Å². The first kappa shape index (κ1) is 13.8. The summed E-state index contributed by atoms with van der Waals surface area (Å²) in [4.78, 5) is 12.8. The zero-order chi connectivity index (χ0) is 13.5. The Morgan fingerprint density at radius 1 is 1.32 bits per heavy atom. The third kappa shape index (κ3) is 3.90. The van der Waals surface area contributed by atoms with Gasteiger partial charge < -0.3 is 0 Å². The maximum absolute atomic E-state index is 5.38. The highest BCUT2D eigenvalue weighted by Gasteiger charge is 2.08. The van der Waals surface area contributed by atoms with Gasteiger partial charge in [-0.05, 0) is 12.5 Å². The van der Waals surface area contributed by atoms with Crippen molar-refractivity contribution in [1.82, 2.24) is 24.7 Å². The quantitative estimate of drug-likeness (QED) is 0.344. The normalized spacial score (nSPS) is 10.6. The molecule has 0 atom stereocenters. The van der Waals surface area contributed by atoms with Crippen molar-refractivity contribution in [2.24, 2.45) is 5.84 Å². The largest absolute Gasteiger partial charge is 0.292 e. The highest BCUT2D eigenvalue weighted by atomic mass is 32.2. The summed E-state index contributed by atoms with van der Waals surface area (Å²) in [5, 5.41) is 4.76. The van der Waals surface area contributed by atoms with Crippen LogP contribution in [-0.4, -0.2) is 30.5 Å². The van der Waals surface area contributed by atoms with E-state index >= 15 is 0 Å². The van der Waals surface area contributed by atoms with Gasteiger partial charge in [-0.3, -0.25) is 5.43 Å². The summed E-state index contributed by atoms with van der Waals surface area (Å²) in [5.74, 6) is 7.17. The van der Waals surface area contributed by atoms with Crippen LogP contribution in [0.15, 0.2) is 23.6 Å². The van der Waals surface area contributed by atoms with E-state index in [1.807, 2.05) is 6.07 Å². The highest BCUT2D eigenvalue weighted by molar-refractivity contribution is 7.99. The van der Waals surface area contributed by atoms with E-state index in [2.05, 4.69) is 32.4 Å². The molecule has 0 saturated carbocycles. The first-order valence-corrected chi connectivity index (χ1v) is 7.17. The number of hydrogen-bond acceptors (Lipinski definition) is 7. The second-order valence-electron chi connectivity index (χ2n) is 3.89. The van der Waals surface area contributed by atoms with Gasteiger partial charge in [0.25, 0.3) is 5.95 Å². The lowest BCUT2D eigenvalue weighted by molar-refractivity contribution is 0.755. The zero-order valence-corrected chi connectivity index (χ0v) is 11.6. The predicted molar refractivity (Wildman–Crippen MR) is 75.0 cm³/mol. The van der Waals surface area contributed by atoms with Crippen molar-refractivity contribution in [2.75, 3.05) is 11.2 Å². The molecule has 7 nitrogen and oxygen atoms in total. The van der Waals surface area contributed by atoms with E-state index in [-0.39, 0.29) is 0 Å². The van der Waals surface area contributed by atoms with Crippen molar-refractivity contribution >= 4 is 17.7 Å². The van der Waals surface area contributed by atoms with E-state index in [4.69, 9.17) is 5.84 Å². The first-order chi connectivity index (χ1) is 9.33. The van der Waals surface area contributed by atoms with Gasteiger partial charge in [0.05, 0.1) is 0 Å². The van der Waals surface area contributed by atoms with Gasteiger partial charge in [0, 0.05) is 18.1 Å². The Kier molecular flexibility index (Phi) is 5.10. The molecular weight excluding hydrogens is 262 g/mol. The average molecular weight is 279 g/mol. The van der Waals surface area contributed by atoms with Crippen LogP contribution >= 0.6 is 11.8 Å². The smallest absolute Gasteiger partial charge is 0.256 e. The van der Waals surface area contributed by atoms with Crippen LogP contribution in [0.25, 0.3) is 5.95 Å². The third-order valence-corrected chi connectivity index (χ3v) is 3.35. The Balaban J connectivity index is 2.12.